The lowest BCUT2D eigenvalue weighted by atomic mass is 9.69. The van der Waals surface area contributed by atoms with Gasteiger partial charge in [-0.2, -0.15) is 0 Å². The minimum Gasteiger partial charge on any atom is -0.481 e. The van der Waals surface area contributed by atoms with Gasteiger partial charge in [0.2, 0.25) is 0 Å². The van der Waals surface area contributed by atoms with Crippen molar-refractivity contribution in [1.82, 2.24) is 0 Å². The zero-order chi connectivity index (χ0) is 26.4. The summed E-state index contributed by atoms with van der Waals surface area (Å²) in [5, 5.41) is 13.2. The van der Waals surface area contributed by atoms with E-state index in [1.165, 1.54) is 28.8 Å². The van der Waals surface area contributed by atoms with Crippen LogP contribution in [0.2, 0.25) is 0 Å². The van der Waals surface area contributed by atoms with Gasteiger partial charge in [0, 0.05) is 17.8 Å². The number of oxime groups is 1. The van der Waals surface area contributed by atoms with Gasteiger partial charge in [-0.3, -0.25) is 4.79 Å². The largest absolute Gasteiger partial charge is 0.481 e. The smallest absolute Gasteiger partial charge is 0.303 e. The molecule has 0 radical (unpaired) electrons. The van der Waals surface area contributed by atoms with Gasteiger partial charge in [-0.1, -0.05) is 71.9 Å². The first-order chi connectivity index (χ1) is 18.5. The van der Waals surface area contributed by atoms with E-state index in [2.05, 4.69) is 53.7 Å². The number of halogens is 1. The number of aliphatic carboxylic acids is 1. The molecule has 1 saturated heterocycles. The van der Waals surface area contributed by atoms with E-state index < -0.39 is 5.97 Å². The summed E-state index contributed by atoms with van der Waals surface area (Å²) in [5.74, 6) is -0.299. The molecule has 5 nitrogen and oxygen atoms in total. The van der Waals surface area contributed by atoms with E-state index >= 15 is 0 Å². The maximum Gasteiger partial charge on any atom is 0.303 e. The van der Waals surface area contributed by atoms with Crippen molar-refractivity contribution in [3.63, 3.8) is 0 Å². The standard InChI is InChI=1S/C32H32FNO4/c33-26-16-18-27(19-17-26)38-34-21-28-29(10-6-1-2-7-11-31(35)36)32(20-30(28)37-22-32)25-14-12-24(13-15-25)23-8-4-3-5-9-23/h1,3-6,8-9,12-19,21,28-30H,2,7,10-11,20,22H2,(H,35,36)/b6-1+,34-21+/t28-,29-,30?,32?/m0/s1. The Morgan fingerprint density at radius 2 is 1.76 bits per heavy atom. The number of nitrogens with zero attached hydrogens (tertiary/aromatic N) is 1. The third kappa shape index (κ3) is 5.70. The van der Waals surface area contributed by atoms with Crippen molar-refractivity contribution in [2.45, 2.75) is 43.6 Å². The highest BCUT2D eigenvalue weighted by atomic mass is 19.1. The molecule has 0 amide bonds. The maximum atomic E-state index is 13.2. The second kappa shape index (κ2) is 11.7. The topological polar surface area (TPSA) is 68.1 Å². The molecule has 1 aliphatic carbocycles. The first kappa shape index (κ1) is 25.9. The minimum absolute atomic E-state index is 0.0368. The number of hydrogen-bond donors (Lipinski definition) is 1. The van der Waals surface area contributed by atoms with Crippen molar-refractivity contribution < 1.29 is 23.9 Å². The summed E-state index contributed by atoms with van der Waals surface area (Å²) >= 11 is 0. The highest BCUT2D eigenvalue weighted by Crippen LogP contribution is 2.56. The van der Waals surface area contributed by atoms with Gasteiger partial charge in [0.05, 0.1) is 18.9 Å². The van der Waals surface area contributed by atoms with E-state index in [-0.39, 0.29) is 35.6 Å². The summed E-state index contributed by atoms with van der Waals surface area (Å²) in [6.45, 7) is 0.656. The van der Waals surface area contributed by atoms with Crippen molar-refractivity contribution in [3.05, 3.63) is 102 Å². The molecular weight excluding hydrogens is 481 g/mol. The number of carbonyl (C=O) groups is 1. The lowest BCUT2D eigenvalue weighted by molar-refractivity contribution is -0.137. The van der Waals surface area contributed by atoms with Crippen LogP contribution in [0.5, 0.6) is 5.75 Å². The van der Waals surface area contributed by atoms with Gasteiger partial charge in [-0.05, 0) is 72.6 Å². The van der Waals surface area contributed by atoms with Gasteiger partial charge < -0.3 is 14.7 Å². The number of fused-ring (bicyclic) bond motifs is 2. The SMILES string of the molecule is O=C(O)CCC/C=C/C[C@H]1[C@H](/C=N/Oc2ccc(F)cc2)C2CC1(c1ccc(-c3ccccc3)cc1)CO2. The van der Waals surface area contributed by atoms with Gasteiger partial charge in [0.15, 0.2) is 5.75 Å². The number of benzene rings is 3. The molecule has 1 heterocycles. The predicted octanol–water partition coefficient (Wildman–Crippen LogP) is 7.03. The van der Waals surface area contributed by atoms with Gasteiger partial charge in [-0.15, -0.1) is 0 Å². The van der Waals surface area contributed by atoms with Crippen molar-refractivity contribution in [3.8, 4) is 16.9 Å². The number of ether oxygens (including phenoxy) is 1. The molecule has 6 heteroatoms. The van der Waals surface area contributed by atoms with Crippen LogP contribution in [-0.2, 0) is 14.9 Å². The first-order valence-electron chi connectivity index (χ1n) is 13.2. The Morgan fingerprint density at radius 1 is 1.03 bits per heavy atom. The first-order valence-corrected chi connectivity index (χ1v) is 13.2. The van der Waals surface area contributed by atoms with Crippen LogP contribution in [0.1, 0.15) is 37.7 Å². The van der Waals surface area contributed by atoms with Gasteiger partial charge >= 0.3 is 5.97 Å². The highest BCUT2D eigenvalue weighted by molar-refractivity contribution is 5.67. The number of carboxylic acid groups (broad SMARTS) is 1. The molecule has 1 aliphatic heterocycles. The number of allylic oxidation sites excluding steroid dienone is 2. The predicted molar refractivity (Wildman–Crippen MR) is 146 cm³/mol. The normalized spacial score (nSPS) is 24.4. The van der Waals surface area contributed by atoms with Crippen molar-refractivity contribution in [2.24, 2.45) is 17.0 Å². The van der Waals surface area contributed by atoms with Crippen LogP contribution < -0.4 is 4.84 Å². The molecule has 196 valence electrons. The lowest BCUT2D eigenvalue weighted by Gasteiger charge is -2.38. The van der Waals surface area contributed by atoms with E-state index in [0.717, 1.165) is 19.3 Å². The summed E-state index contributed by atoms with van der Waals surface area (Å²) in [6, 6.07) is 25.0. The Morgan fingerprint density at radius 3 is 2.50 bits per heavy atom. The molecule has 0 spiro atoms. The number of hydrogen-bond acceptors (Lipinski definition) is 4. The number of unbranched alkanes of at least 4 members (excludes halogenated alkanes) is 1. The van der Waals surface area contributed by atoms with Crippen LogP contribution in [0.15, 0.2) is 96.2 Å². The second-order valence-corrected chi connectivity index (χ2v) is 10.1. The lowest BCUT2D eigenvalue weighted by Crippen LogP contribution is -2.40. The molecule has 5 rings (SSSR count). The molecule has 2 aliphatic rings. The molecule has 3 aromatic carbocycles. The summed E-state index contributed by atoms with van der Waals surface area (Å²) in [7, 11) is 0. The van der Waals surface area contributed by atoms with E-state index in [4.69, 9.17) is 14.7 Å². The monoisotopic (exact) mass is 513 g/mol. The Hall–Kier alpha value is -3.77. The van der Waals surface area contributed by atoms with E-state index in [1.54, 1.807) is 12.1 Å². The molecule has 3 aromatic rings. The summed E-state index contributed by atoms with van der Waals surface area (Å²) in [6.07, 6.45) is 9.43. The molecule has 1 N–H and O–H groups in total. The molecular formula is C32H32FNO4. The van der Waals surface area contributed by atoms with Crippen molar-refractivity contribution in [2.75, 3.05) is 6.61 Å². The average Bonchev–Trinajstić information content (AvgIpc) is 3.51. The molecule has 4 atom stereocenters. The zero-order valence-corrected chi connectivity index (χ0v) is 21.2. The highest BCUT2D eigenvalue weighted by Gasteiger charge is 2.58. The molecule has 38 heavy (non-hydrogen) atoms. The molecule has 0 aromatic heterocycles. The number of carboxylic acids is 1. The van der Waals surface area contributed by atoms with Gasteiger partial charge in [-0.25, -0.2) is 4.39 Å². The van der Waals surface area contributed by atoms with Crippen LogP contribution in [0.4, 0.5) is 4.39 Å². The number of rotatable bonds is 11. The Kier molecular flexibility index (Phi) is 7.99. The van der Waals surface area contributed by atoms with Crippen LogP contribution in [0.3, 0.4) is 0 Å². The third-order valence-electron chi connectivity index (χ3n) is 7.81. The van der Waals surface area contributed by atoms with Gasteiger partial charge in [0.1, 0.15) is 5.82 Å². The third-order valence-corrected chi connectivity index (χ3v) is 7.81. The van der Waals surface area contributed by atoms with Crippen molar-refractivity contribution >= 4 is 12.2 Å². The van der Waals surface area contributed by atoms with E-state index in [1.807, 2.05) is 24.4 Å². The fraction of sp³-hybridized carbons (Fsp3) is 0.312. The van der Waals surface area contributed by atoms with Crippen LogP contribution >= 0.6 is 0 Å². The van der Waals surface area contributed by atoms with E-state index in [9.17, 15) is 9.18 Å². The van der Waals surface area contributed by atoms with Gasteiger partial charge in [0.25, 0.3) is 0 Å². The quantitative estimate of drug-likeness (QED) is 0.129. The fourth-order valence-corrected chi connectivity index (χ4v) is 5.88. The average molecular weight is 514 g/mol. The summed E-state index contributed by atoms with van der Waals surface area (Å²) < 4.78 is 19.5. The minimum atomic E-state index is -0.765. The molecule has 2 fully saturated rings. The molecule has 1 saturated carbocycles. The van der Waals surface area contributed by atoms with Crippen LogP contribution in [-0.4, -0.2) is 30.0 Å². The fourth-order valence-electron chi connectivity index (χ4n) is 5.88. The Bertz CT molecular complexity index is 1270. The molecule has 2 bridgehead atoms. The Balaban J connectivity index is 1.36. The van der Waals surface area contributed by atoms with E-state index in [0.29, 0.717) is 18.8 Å². The maximum absolute atomic E-state index is 13.2. The second-order valence-electron chi connectivity index (χ2n) is 10.1. The summed E-state index contributed by atoms with van der Waals surface area (Å²) in [4.78, 5) is 16.4. The van der Waals surface area contributed by atoms with Crippen molar-refractivity contribution in [1.29, 1.82) is 0 Å². The van der Waals surface area contributed by atoms with Crippen LogP contribution in [0, 0.1) is 17.7 Å². The van der Waals surface area contributed by atoms with Crippen LogP contribution in [0.25, 0.3) is 11.1 Å². The summed E-state index contributed by atoms with van der Waals surface area (Å²) in [5.41, 5.74) is 3.49. The Labute approximate surface area is 222 Å². The zero-order valence-electron chi connectivity index (χ0n) is 21.2. The molecule has 2 unspecified atom stereocenters.